The van der Waals surface area contributed by atoms with E-state index in [1.54, 1.807) is 17.6 Å². The highest BCUT2D eigenvalue weighted by Crippen LogP contribution is 2.27. The van der Waals surface area contributed by atoms with Crippen molar-refractivity contribution in [1.29, 1.82) is 0 Å². The SMILES string of the molecule is Cc1ccc(/C=N/N=C2/CC(c3ccccc3)N=N2)s1. The van der Waals surface area contributed by atoms with E-state index >= 15 is 0 Å². The third-order valence-electron chi connectivity index (χ3n) is 2.99. The summed E-state index contributed by atoms with van der Waals surface area (Å²) in [6.07, 6.45) is 2.47. The Hall–Kier alpha value is -2.14. The number of amidine groups is 1. The maximum atomic E-state index is 4.24. The molecule has 0 fully saturated rings. The fourth-order valence-corrected chi connectivity index (χ4v) is 2.73. The van der Waals surface area contributed by atoms with Crippen molar-refractivity contribution in [2.45, 2.75) is 19.4 Å². The van der Waals surface area contributed by atoms with Crippen LogP contribution in [0.1, 0.15) is 27.8 Å². The molecule has 20 heavy (non-hydrogen) atoms. The summed E-state index contributed by atoms with van der Waals surface area (Å²) in [5.41, 5.74) is 1.17. The van der Waals surface area contributed by atoms with Crippen LogP contribution >= 0.6 is 11.3 Å². The van der Waals surface area contributed by atoms with Gasteiger partial charge in [0.1, 0.15) is 6.04 Å². The summed E-state index contributed by atoms with van der Waals surface area (Å²) in [7, 11) is 0. The molecule has 1 aromatic heterocycles. The molecule has 0 amide bonds. The van der Waals surface area contributed by atoms with Gasteiger partial charge in [-0.1, -0.05) is 30.3 Å². The van der Waals surface area contributed by atoms with Crippen LogP contribution in [-0.2, 0) is 0 Å². The van der Waals surface area contributed by atoms with E-state index in [0.29, 0.717) is 12.3 Å². The first-order valence-electron chi connectivity index (χ1n) is 6.43. The number of rotatable bonds is 3. The van der Waals surface area contributed by atoms with Crippen molar-refractivity contribution in [2.75, 3.05) is 0 Å². The predicted octanol–water partition coefficient (Wildman–Crippen LogP) is 4.39. The van der Waals surface area contributed by atoms with Gasteiger partial charge >= 0.3 is 0 Å². The van der Waals surface area contributed by atoms with Crippen LogP contribution in [0.15, 0.2) is 62.9 Å². The van der Waals surface area contributed by atoms with Crippen LogP contribution < -0.4 is 0 Å². The standard InChI is InChI=1S/C15H14N4S/c1-11-7-8-13(20-11)10-16-18-15-9-14(17-19-15)12-5-3-2-4-6-12/h2-8,10,14H,9H2,1H3/b16-10+,18-15-. The van der Waals surface area contributed by atoms with Gasteiger partial charge in [0.25, 0.3) is 0 Å². The predicted molar refractivity (Wildman–Crippen MR) is 82.7 cm³/mol. The Labute approximate surface area is 121 Å². The van der Waals surface area contributed by atoms with Gasteiger partial charge in [-0.3, -0.25) is 0 Å². The van der Waals surface area contributed by atoms with Crippen molar-refractivity contribution in [3.05, 3.63) is 57.8 Å². The maximum absolute atomic E-state index is 4.24. The molecule has 1 aliphatic heterocycles. The first-order chi connectivity index (χ1) is 9.81. The number of azo groups is 1. The quantitative estimate of drug-likeness (QED) is 0.592. The van der Waals surface area contributed by atoms with E-state index in [1.165, 1.54) is 10.4 Å². The van der Waals surface area contributed by atoms with Crippen LogP contribution in [0.4, 0.5) is 0 Å². The second-order valence-electron chi connectivity index (χ2n) is 4.56. The van der Waals surface area contributed by atoms with Crippen molar-refractivity contribution in [1.82, 2.24) is 0 Å². The molecular formula is C15H14N4S. The normalized spacial score (nSPS) is 20.2. The van der Waals surface area contributed by atoms with E-state index in [2.05, 4.69) is 45.6 Å². The Kier molecular flexibility index (Phi) is 3.78. The molecule has 1 aliphatic rings. The Morgan fingerprint density at radius 3 is 2.80 bits per heavy atom. The Morgan fingerprint density at radius 2 is 2.05 bits per heavy atom. The molecule has 0 radical (unpaired) electrons. The van der Waals surface area contributed by atoms with E-state index in [1.807, 2.05) is 24.3 Å². The summed E-state index contributed by atoms with van der Waals surface area (Å²) in [6.45, 7) is 2.07. The van der Waals surface area contributed by atoms with Crippen molar-refractivity contribution < 1.29 is 0 Å². The second kappa shape index (κ2) is 5.88. The van der Waals surface area contributed by atoms with Gasteiger partial charge in [0.2, 0.25) is 0 Å². The van der Waals surface area contributed by atoms with Gasteiger partial charge < -0.3 is 0 Å². The lowest BCUT2D eigenvalue weighted by atomic mass is 10.1. The van der Waals surface area contributed by atoms with E-state index < -0.39 is 0 Å². The average Bonchev–Trinajstić information content (AvgIpc) is 3.09. The highest BCUT2D eigenvalue weighted by molar-refractivity contribution is 7.13. The first-order valence-corrected chi connectivity index (χ1v) is 7.25. The zero-order valence-corrected chi connectivity index (χ0v) is 11.9. The minimum Gasteiger partial charge on any atom is -0.179 e. The summed E-state index contributed by atoms with van der Waals surface area (Å²) >= 11 is 1.70. The molecule has 0 aliphatic carbocycles. The molecule has 5 heteroatoms. The van der Waals surface area contributed by atoms with E-state index in [4.69, 9.17) is 0 Å². The van der Waals surface area contributed by atoms with Gasteiger partial charge in [-0.2, -0.15) is 10.2 Å². The molecule has 0 saturated carbocycles. The summed E-state index contributed by atoms with van der Waals surface area (Å²) in [6, 6.07) is 14.3. The van der Waals surface area contributed by atoms with Crippen LogP contribution in [0.2, 0.25) is 0 Å². The van der Waals surface area contributed by atoms with E-state index in [-0.39, 0.29) is 6.04 Å². The van der Waals surface area contributed by atoms with Crippen LogP contribution in [0.3, 0.4) is 0 Å². The van der Waals surface area contributed by atoms with Crippen LogP contribution in [0, 0.1) is 6.92 Å². The molecule has 1 atom stereocenters. The van der Waals surface area contributed by atoms with Gasteiger partial charge in [-0.15, -0.1) is 21.6 Å². The first kappa shape index (κ1) is 12.9. The monoisotopic (exact) mass is 282 g/mol. The van der Waals surface area contributed by atoms with Crippen molar-refractivity contribution >= 4 is 23.4 Å². The minimum absolute atomic E-state index is 0.0779. The lowest BCUT2D eigenvalue weighted by Gasteiger charge is -2.02. The zero-order chi connectivity index (χ0) is 13.8. The fraction of sp³-hybridized carbons (Fsp3) is 0.200. The van der Waals surface area contributed by atoms with Crippen molar-refractivity contribution in [3.63, 3.8) is 0 Å². The molecule has 4 nitrogen and oxygen atoms in total. The molecule has 0 N–H and O–H groups in total. The number of nitrogens with zero attached hydrogens (tertiary/aromatic N) is 4. The van der Waals surface area contributed by atoms with Gasteiger partial charge in [-0.05, 0) is 24.6 Å². The highest BCUT2D eigenvalue weighted by atomic mass is 32.1. The third kappa shape index (κ3) is 3.05. The van der Waals surface area contributed by atoms with Gasteiger partial charge in [0, 0.05) is 16.2 Å². The molecule has 3 rings (SSSR count). The van der Waals surface area contributed by atoms with Gasteiger partial charge in [0.15, 0.2) is 5.84 Å². The number of thiophene rings is 1. The Balaban J connectivity index is 1.64. The number of aryl methyl sites for hydroxylation is 1. The molecule has 2 heterocycles. The van der Waals surface area contributed by atoms with Gasteiger partial charge in [-0.25, -0.2) is 0 Å². The van der Waals surface area contributed by atoms with Crippen molar-refractivity contribution in [2.24, 2.45) is 20.4 Å². The van der Waals surface area contributed by atoms with Crippen molar-refractivity contribution in [3.8, 4) is 0 Å². The molecule has 0 bridgehead atoms. The van der Waals surface area contributed by atoms with Gasteiger partial charge in [0.05, 0.1) is 6.21 Å². The van der Waals surface area contributed by atoms with E-state index in [0.717, 1.165) is 4.88 Å². The number of benzene rings is 1. The highest BCUT2D eigenvalue weighted by Gasteiger charge is 2.19. The second-order valence-corrected chi connectivity index (χ2v) is 5.87. The minimum atomic E-state index is 0.0779. The molecule has 0 saturated heterocycles. The topological polar surface area (TPSA) is 49.4 Å². The summed E-state index contributed by atoms with van der Waals surface area (Å²) in [5, 5.41) is 16.6. The molecule has 1 unspecified atom stereocenters. The molecule has 2 aromatic rings. The number of hydrogen-bond donors (Lipinski definition) is 0. The summed E-state index contributed by atoms with van der Waals surface area (Å²) in [4.78, 5) is 2.37. The molecule has 1 aromatic carbocycles. The smallest absolute Gasteiger partial charge is 0.175 e. The molecule has 100 valence electrons. The number of hydrogen-bond acceptors (Lipinski definition) is 4. The van der Waals surface area contributed by atoms with Crippen LogP contribution in [0.5, 0.6) is 0 Å². The Morgan fingerprint density at radius 1 is 1.20 bits per heavy atom. The van der Waals surface area contributed by atoms with Crippen LogP contribution in [0.25, 0.3) is 0 Å². The lowest BCUT2D eigenvalue weighted by molar-refractivity contribution is 0.773. The molecular weight excluding hydrogens is 268 g/mol. The maximum Gasteiger partial charge on any atom is 0.175 e. The zero-order valence-electron chi connectivity index (χ0n) is 11.1. The largest absolute Gasteiger partial charge is 0.179 e. The Bertz CT molecular complexity index is 670. The summed E-state index contributed by atoms with van der Waals surface area (Å²) in [5.74, 6) is 0.684. The lowest BCUT2D eigenvalue weighted by Crippen LogP contribution is -1.95. The third-order valence-corrected chi connectivity index (χ3v) is 3.93. The summed E-state index contributed by atoms with van der Waals surface area (Å²) < 4.78 is 0. The van der Waals surface area contributed by atoms with Crippen LogP contribution in [-0.4, -0.2) is 12.1 Å². The van der Waals surface area contributed by atoms with E-state index in [9.17, 15) is 0 Å². The average molecular weight is 282 g/mol. The fourth-order valence-electron chi connectivity index (χ4n) is 1.99. The molecule has 0 spiro atoms.